The number of hydrogen-bond acceptors (Lipinski definition) is 3. The van der Waals surface area contributed by atoms with E-state index in [-0.39, 0.29) is 11.9 Å². The highest BCUT2D eigenvalue weighted by Crippen LogP contribution is 2.10. The summed E-state index contributed by atoms with van der Waals surface area (Å²) < 4.78 is 5.27. The number of carbonyl (C=O) groups is 1. The molecule has 1 atom stereocenters. The first-order valence-corrected chi connectivity index (χ1v) is 6.14. The minimum atomic E-state index is 0.0713. The highest BCUT2D eigenvalue weighted by atomic mass is 16.3. The van der Waals surface area contributed by atoms with Crippen LogP contribution in [-0.2, 0) is 4.79 Å². The lowest BCUT2D eigenvalue weighted by Gasteiger charge is -2.24. The Kier molecular flexibility index (Phi) is 5.65. The van der Waals surface area contributed by atoms with Gasteiger partial charge in [-0.05, 0) is 39.1 Å². The van der Waals surface area contributed by atoms with Crippen LogP contribution >= 0.6 is 0 Å². The Labute approximate surface area is 109 Å². The number of furan rings is 1. The minimum Gasteiger partial charge on any atom is -0.465 e. The van der Waals surface area contributed by atoms with E-state index in [9.17, 15) is 4.79 Å². The Balaban J connectivity index is 2.48. The van der Waals surface area contributed by atoms with Crippen molar-refractivity contribution in [3.05, 3.63) is 29.7 Å². The summed E-state index contributed by atoms with van der Waals surface area (Å²) in [5, 5.41) is 2.65. The van der Waals surface area contributed by atoms with Gasteiger partial charge in [-0.2, -0.15) is 0 Å². The Morgan fingerprint density at radius 1 is 1.61 bits per heavy atom. The third-order valence-corrected chi connectivity index (χ3v) is 2.94. The van der Waals surface area contributed by atoms with Crippen molar-refractivity contribution in [3.63, 3.8) is 0 Å². The van der Waals surface area contributed by atoms with Crippen molar-refractivity contribution in [3.8, 4) is 0 Å². The van der Waals surface area contributed by atoms with Crippen molar-refractivity contribution in [1.29, 1.82) is 0 Å². The van der Waals surface area contributed by atoms with E-state index in [0.717, 1.165) is 12.3 Å². The van der Waals surface area contributed by atoms with E-state index in [2.05, 4.69) is 24.1 Å². The highest BCUT2D eigenvalue weighted by Gasteiger charge is 2.13. The lowest BCUT2D eigenvalue weighted by molar-refractivity contribution is -0.121. The number of nitrogens with zero attached hydrogens (tertiary/aromatic N) is 1. The summed E-state index contributed by atoms with van der Waals surface area (Å²) in [6.45, 7) is 4.93. The lowest BCUT2D eigenvalue weighted by Crippen LogP contribution is -2.35. The standard InChI is InChI=1S/C14H22N2O2/c1-11(8-13-6-5-7-18-13)10-16(4)12(2)9-14(17)15-3/h5-8,12H,9-10H2,1-4H3,(H,15,17)/b11-8+. The fourth-order valence-corrected chi connectivity index (χ4v) is 1.74. The largest absolute Gasteiger partial charge is 0.465 e. The van der Waals surface area contributed by atoms with E-state index in [1.54, 1.807) is 13.3 Å². The third kappa shape index (κ3) is 4.75. The van der Waals surface area contributed by atoms with Crippen LogP contribution < -0.4 is 5.32 Å². The highest BCUT2D eigenvalue weighted by molar-refractivity contribution is 5.76. The fourth-order valence-electron chi connectivity index (χ4n) is 1.74. The predicted octanol–water partition coefficient (Wildman–Crippen LogP) is 2.14. The van der Waals surface area contributed by atoms with Gasteiger partial charge in [-0.1, -0.05) is 5.57 Å². The normalized spacial score (nSPS) is 13.7. The Morgan fingerprint density at radius 3 is 2.89 bits per heavy atom. The number of hydrogen-bond donors (Lipinski definition) is 1. The Bertz CT molecular complexity index is 396. The molecule has 0 saturated heterocycles. The number of rotatable bonds is 6. The van der Waals surface area contributed by atoms with Gasteiger partial charge in [0.15, 0.2) is 0 Å². The molecule has 1 aromatic heterocycles. The molecule has 0 bridgehead atoms. The summed E-state index contributed by atoms with van der Waals surface area (Å²) in [6.07, 6.45) is 4.20. The second kappa shape index (κ2) is 7.01. The topological polar surface area (TPSA) is 45.5 Å². The fraction of sp³-hybridized carbons (Fsp3) is 0.500. The Morgan fingerprint density at radius 2 is 2.33 bits per heavy atom. The smallest absolute Gasteiger partial charge is 0.221 e. The third-order valence-electron chi connectivity index (χ3n) is 2.94. The predicted molar refractivity (Wildman–Crippen MR) is 73.1 cm³/mol. The van der Waals surface area contributed by atoms with Crippen molar-refractivity contribution < 1.29 is 9.21 Å². The van der Waals surface area contributed by atoms with Crippen molar-refractivity contribution >= 4 is 12.0 Å². The molecule has 0 aliphatic heterocycles. The average molecular weight is 250 g/mol. The molecule has 1 aromatic rings. The van der Waals surface area contributed by atoms with Gasteiger partial charge in [0.05, 0.1) is 6.26 Å². The first-order valence-electron chi connectivity index (χ1n) is 6.14. The van der Waals surface area contributed by atoms with Crippen LogP contribution in [0.3, 0.4) is 0 Å². The SMILES string of the molecule is CNC(=O)CC(C)N(C)C/C(C)=C/c1ccco1. The maximum Gasteiger partial charge on any atom is 0.221 e. The molecule has 4 heteroatoms. The molecule has 1 N–H and O–H groups in total. The second-order valence-electron chi connectivity index (χ2n) is 4.65. The zero-order valence-corrected chi connectivity index (χ0v) is 11.6. The number of amides is 1. The molecule has 1 amide bonds. The zero-order valence-electron chi connectivity index (χ0n) is 11.6. The second-order valence-corrected chi connectivity index (χ2v) is 4.65. The number of carbonyl (C=O) groups excluding carboxylic acids is 1. The van der Waals surface area contributed by atoms with E-state index in [0.29, 0.717) is 6.42 Å². The van der Waals surface area contributed by atoms with E-state index in [1.165, 1.54) is 5.57 Å². The van der Waals surface area contributed by atoms with Crippen LogP contribution in [0, 0.1) is 0 Å². The van der Waals surface area contributed by atoms with Gasteiger partial charge >= 0.3 is 0 Å². The maximum absolute atomic E-state index is 11.3. The van der Waals surface area contributed by atoms with E-state index >= 15 is 0 Å². The van der Waals surface area contributed by atoms with Gasteiger partial charge in [0, 0.05) is 26.1 Å². The molecule has 1 unspecified atom stereocenters. The quantitative estimate of drug-likeness (QED) is 0.841. The monoisotopic (exact) mass is 250 g/mol. The van der Waals surface area contributed by atoms with Gasteiger partial charge in [-0.25, -0.2) is 0 Å². The van der Waals surface area contributed by atoms with Gasteiger partial charge < -0.3 is 9.73 Å². The molecule has 4 nitrogen and oxygen atoms in total. The van der Waals surface area contributed by atoms with Gasteiger partial charge in [0.25, 0.3) is 0 Å². The van der Waals surface area contributed by atoms with Crippen molar-refractivity contribution in [2.45, 2.75) is 26.3 Å². The van der Waals surface area contributed by atoms with Gasteiger partial charge in [-0.15, -0.1) is 0 Å². The van der Waals surface area contributed by atoms with Crippen molar-refractivity contribution in [2.75, 3.05) is 20.6 Å². The molecule has 1 heterocycles. The minimum absolute atomic E-state index is 0.0713. The summed E-state index contributed by atoms with van der Waals surface area (Å²) in [6, 6.07) is 4.01. The van der Waals surface area contributed by atoms with Crippen LogP contribution in [0.1, 0.15) is 26.0 Å². The van der Waals surface area contributed by atoms with Crippen LogP contribution in [0.5, 0.6) is 0 Å². The molecule has 0 aliphatic rings. The molecule has 0 radical (unpaired) electrons. The van der Waals surface area contributed by atoms with Gasteiger partial charge in [0.1, 0.15) is 5.76 Å². The molecule has 0 saturated carbocycles. The number of nitrogens with one attached hydrogen (secondary N) is 1. The van der Waals surface area contributed by atoms with Crippen LogP contribution in [0.25, 0.3) is 6.08 Å². The van der Waals surface area contributed by atoms with Gasteiger partial charge in [-0.3, -0.25) is 9.69 Å². The molecule has 0 spiro atoms. The van der Waals surface area contributed by atoms with Crippen LogP contribution in [-0.4, -0.2) is 37.5 Å². The summed E-state index contributed by atoms with van der Waals surface area (Å²) in [7, 11) is 3.68. The average Bonchev–Trinajstić information content (AvgIpc) is 2.81. The van der Waals surface area contributed by atoms with E-state index in [4.69, 9.17) is 4.42 Å². The maximum atomic E-state index is 11.3. The van der Waals surface area contributed by atoms with Crippen LogP contribution in [0.4, 0.5) is 0 Å². The molecule has 0 aliphatic carbocycles. The van der Waals surface area contributed by atoms with Crippen molar-refractivity contribution in [2.24, 2.45) is 0 Å². The summed E-state index contributed by atoms with van der Waals surface area (Å²) in [5.41, 5.74) is 1.20. The molecule has 0 fully saturated rings. The number of likely N-dealkylation sites (N-methyl/N-ethyl adjacent to an activating group) is 1. The first-order chi connectivity index (χ1) is 8.52. The van der Waals surface area contributed by atoms with Crippen molar-refractivity contribution in [1.82, 2.24) is 10.2 Å². The summed E-state index contributed by atoms with van der Waals surface area (Å²) in [4.78, 5) is 13.5. The summed E-state index contributed by atoms with van der Waals surface area (Å²) in [5.74, 6) is 0.932. The first kappa shape index (κ1) is 14.5. The molecule has 18 heavy (non-hydrogen) atoms. The zero-order chi connectivity index (χ0) is 13.5. The van der Waals surface area contributed by atoms with Crippen LogP contribution in [0.15, 0.2) is 28.4 Å². The molecule has 100 valence electrons. The molecule has 0 aromatic carbocycles. The van der Waals surface area contributed by atoms with Gasteiger partial charge in [0.2, 0.25) is 5.91 Å². The molecular formula is C14H22N2O2. The molecular weight excluding hydrogens is 228 g/mol. The summed E-state index contributed by atoms with van der Waals surface area (Å²) >= 11 is 0. The lowest BCUT2D eigenvalue weighted by atomic mass is 10.1. The van der Waals surface area contributed by atoms with E-state index < -0.39 is 0 Å². The van der Waals surface area contributed by atoms with Crippen LogP contribution in [0.2, 0.25) is 0 Å². The Hall–Kier alpha value is -1.55. The van der Waals surface area contributed by atoms with E-state index in [1.807, 2.05) is 25.3 Å². The molecule has 1 rings (SSSR count).